The third-order valence-corrected chi connectivity index (χ3v) is 6.41. The van der Waals surface area contributed by atoms with Crippen molar-refractivity contribution in [1.82, 2.24) is 15.0 Å². The molecule has 1 amide bonds. The summed E-state index contributed by atoms with van der Waals surface area (Å²) in [6.07, 6.45) is 2.35. The van der Waals surface area contributed by atoms with Gasteiger partial charge < -0.3 is 18.9 Å². The summed E-state index contributed by atoms with van der Waals surface area (Å²) in [6, 6.07) is 11.7. The van der Waals surface area contributed by atoms with Crippen LogP contribution < -0.4 is 4.74 Å². The highest BCUT2D eigenvalue weighted by molar-refractivity contribution is 7.10. The Balaban J connectivity index is 1.13. The van der Waals surface area contributed by atoms with E-state index in [0.29, 0.717) is 31.2 Å². The topological polar surface area (TPSA) is 77.7 Å². The molecule has 2 aromatic heterocycles. The number of amides is 1. The van der Waals surface area contributed by atoms with Crippen LogP contribution in [0.1, 0.15) is 29.5 Å². The normalized spacial score (nSPS) is 17.7. The van der Waals surface area contributed by atoms with Crippen LogP contribution >= 0.6 is 11.3 Å². The van der Waals surface area contributed by atoms with Gasteiger partial charge in [-0.25, -0.2) is 0 Å². The van der Waals surface area contributed by atoms with Crippen molar-refractivity contribution in [2.24, 2.45) is 0 Å². The maximum atomic E-state index is 12.3. The highest BCUT2D eigenvalue weighted by Gasteiger charge is 2.32. The van der Waals surface area contributed by atoms with Gasteiger partial charge in [0.1, 0.15) is 11.9 Å². The summed E-state index contributed by atoms with van der Waals surface area (Å²) in [5.74, 6) is 2.51. The molecule has 8 heteroatoms. The average Bonchev–Trinajstić information content (AvgIpc) is 3.44. The number of rotatable bonds is 6. The minimum Gasteiger partial charge on any atom is -0.487 e. The van der Waals surface area contributed by atoms with Crippen molar-refractivity contribution in [2.45, 2.75) is 31.3 Å². The van der Waals surface area contributed by atoms with Gasteiger partial charge in [0.25, 0.3) is 0 Å². The zero-order valence-corrected chi connectivity index (χ0v) is 17.3. The predicted octanol–water partition coefficient (Wildman–Crippen LogP) is 3.52. The number of hydrogen-bond acceptors (Lipinski definition) is 7. The number of nitrogens with zero attached hydrogens (tertiary/aromatic N) is 3. The molecule has 1 aromatic carbocycles. The summed E-state index contributed by atoms with van der Waals surface area (Å²) in [4.78, 5) is 19.8. The van der Waals surface area contributed by atoms with E-state index in [-0.39, 0.29) is 17.9 Å². The zero-order chi connectivity index (χ0) is 20.3. The largest absolute Gasteiger partial charge is 0.487 e. The molecule has 0 bridgehead atoms. The SMILES string of the molecule is O=C(Cc1cccs1)N1CC(Oc2ccc(-c3noc(C4CCOCC4)n3)cc2)C1. The number of benzene rings is 1. The summed E-state index contributed by atoms with van der Waals surface area (Å²) in [5, 5.41) is 6.12. The van der Waals surface area contributed by atoms with E-state index < -0.39 is 0 Å². The standard InChI is InChI=1S/C22H23N3O4S/c26-20(12-19-2-1-11-30-19)25-13-18(14-25)28-17-5-3-15(4-6-17)21-23-22(29-24-21)16-7-9-27-10-8-16/h1-6,11,16,18H,7-10,12-14H2. The number of ether oxygens (including phenoxy) is 2. The van der Waals surface area contributed by atoms with Gasteiger partial charge in [-0.1, -0.05) is 11.2 Å². The molecule has 30 heavy (non-hydrogen) atoms. The molecule has 156 valence electrons. The Bertz CT molecular complexity index is 974. The van der Waals surface area contributed by atoms with Crippen LogP contribution in [0.2, 0.25) is 0 Å². The molecule has 4 heterocycles. The maximum absolute atomic E-state index is 12.3. The van der Waals surface area contributed by atoms with Gasteiger partial charge in [-0.2, -0.15) is 4.98 Å². The summed E-state index contributed by atoms with van der Waals surface area (Å²) < 4.78 is 16.8. The van der Waals surface area contributed by atoms with Gasteiger partial charge in [-0.3, -0.25) is 4.79 Å². The van der Waals surface area contributed by atoms with Crippen molar-refractivity contribution < 1.29 is 18.8 Å². The van der Waals surface area contributed by atoms with E-state index in [4.69, 9.17) is 14.0 Å². The number of likely N-dealkylation sites (tertiary alicyclic amines) is 1. The monoisotopic (exact) mass is 425 g/mol. The molecule has 2 aliphatic rings. The fourth-order valence-electron chi connectivity index (χ4n) is 3.73. The molecule has 0 aliphatic carbocycles. The minimum absolute atomic E-state index is 0.0356. The van der Waals surface area contributed by atoms with Gasteiger partial charge in [-0.15, -0.1) is 11.3 Å². The van der Waals surface area contributed by atoms with E-state index in [0.717, 1.165) is 42.2 Å². The van der Waals surface area contributed by atoms with Crippen LogP contribution in [0.25, 0.3) is 11.4 Å². The first-order valence-corrected chi connectivity index (χ1v) is 11.1. The van der Waals surface area contributed by atoms with Crippen molar-refractivity contribution in [3.8, 4) is 17.1 Å². The fraction of sp³-hybridized carbons (Fsp3) is 0.409. The lowest BCUT2D eigenvalue weighted by Crippen LogP contribution is -2.56. The first-order chi connectivity index (χ1) is 14.7. The molecule has 2 saturated heterocycles. The first kappa shape index (κ1) is 19.3. The van der Waals surface area contributed by atoms with Crippen LogP contribution in [0, 0.1) is 0 Å². The van der Waals surface area contributed by atoms with Gasteiger partial charge in [0.2, 0.25) is 17.6 Å². The lowest BCUT2D eigenvalue weighted by atomic mass is 10.0. The quantitative estimate of drug-likeness (QED) is 0.601. The molecular formula is C22H23N3O4S. The number of hydrogen-bond donors (Lipinski definition) is 0. The summed E-state index contributed by atoms with van der Waals surface area (Å²) >= 11 is 1.61. The molecule has 5 rings (SSSR count). The molecule has 2 fully saturated rings. The van der Waals surface area contributed by atoms with E-state index in [1.807, 2.05) is 46.7 Å². The van der Waals surface area contributed by atoms with Crippen molar-refractivity contribution in [3.63, 3.8) is 0 Å². The maximum Gasteiger partial charge on any atom is 0.230 e. The predicted molar refractivity (Wildman–Crippen MR) is 112 cm³/mol. The van der Waals surface area contributed by atoms with Crippen molar-refractivity contribution in [2.75, 3.05) is 26.3 Å². The van der Waals surface area contributed by atoms with Gasteiger partial charge in [0.05, 0.1) is 19.5 Å². The third-order valence-electron chi connectivity index (χ3n) is 5.53. The lowest BCUT2D eigenvalue weighted by molar-refractivity contribution is -0.139. The van der Waals surface area contributed by atoms with Crippen molar-refractivity contribution in [3.05, 3.63) is 52.5 Å². The fourth-order valence-corrected chi connectivity index (χ4v) is 4.42. The van der Waals surface area contributed by atoms with Gasteiger partial charge in [-0.05, 0) is 48.6 Å². The van der Waals surface area contributed by atoms with Crippen LogP contribution in [0.15, 0.2) is 46.3 Å². The Labute approximate surface area is 178 Å². The molecule has 7 nitrogen and oxygen atoms in total. The molecule has 2 aliphatic heterocycles. The second kappa shape index (κ2) is 8.57. The molecule has 0 saturated carbocycles. The van der Waals surface area contributed by atoms with Crippen molar-refractivity contribution >= 4 is 17.2 Å². The Morgan fingerprint density at radius 1 is 1.17 bits per heavy atom. The molecule has 3 aromatic rings. The van der Waals surface area contributed by atoms with E-state index in [2.05, 4.69) is 10.1 Å². The highest BCUT2D eigenvalue weighted by Crippen LogP contribution is 2.28. The van der Waals surface area contributed by atoms with Crippen LogP contribution in [0.3, 0.4) is 0 Å². The third kappa shape index (κ3) is 4.24. The van der Waals surface area contributed by atoms with E-state index in [9.17, 15) is 4.79 Å². The van der Waals surface area contributed by atoms with E-state index in [1.165, 1.54) is 0 Å². The van der Waals surface area contributed by atoms with Crippen LogP contribution in [0.5, 0.6) is 5.75 Å². The Hall–Kier alpha value is -2.71. The molecule has 0 radical (unpaired) electrons. The van der Waals surface area contributed by atoms with Crippen LogP contribution in [0.4, 0.5) is 0 Å². The van der Waals surface area contributed by atoms with Gasteiger partial charge in [0, 0.05) is 29.6 Å². The molecule has 0 spiro atoms. The van der Waals surface area contributed by atoms with Crippen LogP contribution in [-0.4, -0.2) is 53.4 Å². The Morgan fingerprint density at radius 3 is 2.70 bits per heavy atom. The zero-order valence-electron chi connectivity index (χ0n) is 16.5. The molecule has 0 atom stereocenters. The van der Waals surface area contributed by atoms with E-state index in [1.54, 1.807) is 11.3 Å². The molecular weight excluding hydrogens is 402 g/mol. The van der Waals surface area contributed by atoms with Crippen LogP contribution in [-0.2, 0) is 16.0 Å². The number of carbonyl (C=O) groups is 1. The summed E-state index contributed by atoms with van der Waals surface area (Å²) in [7, 11) is 0. The second-order valence-electron chi connectivity index (χ2n) is 7.66. The summed E-state index contributed by atoms with van der Waals surface area (Å²) in [6.45, 7) is 2.75. The first-order valence-electron chi connectivity index (χ1n) is 10.2. The lowest BCUT2D eigenvalue weighted by Gasteiger charge is -2.39. The smallest absolute Gasteiger partial charge is 0.230 e. The number of carbonyl (C=O) groups excluding carboxylic acids is 1. The highest BCUT2D eigenvalue weighted by atomic mass is 32.1. The second-order valence-corrected chi connectivity index (χ2v) is 8.69. The van der Waals surface area contributed by atoms with E-state index >= 15 is 0 Å². The number of aromatic nitrogens is 2. The Morgan fingerprint density at radius 2 is 1.97 bits per heavy atom. The molecule has 0 N–H and O–H groups in total. The van der Waals surface area contributed by atoms with Gasteiger partial charge in [0.15, 0.2) is 0 Å². The number of thiophene rings is 1. The van der Waals surface area contributed by atoms with Crippen molar-refractivity contribution in [1.29, 1.82) is 0 Å². The average molecular weight is 426 g/mol. The van der Waals surface area contributed by atoms with Gasteiger partial charge >= 0.3 is 0 Å². The minimum atomic E-state index is 0.0356. The molecule has 0 unspecified atom stereocenters. The summed E-state index contributed by atoms with van der Waals surface area (Å²) in [5.41, 5.74) is 0.894. The Kier molecular flexibility index (Phi) is 5.50.